The van der Waals surface area contributed by atoms with Crippen LogP contribution in [0, 0.1) is 0 Å². The molecule has 0 heterocycles. The van der Waals surface area contributed by atoms with Crippen LogP contribution in [0.25, 0.3) is 0 Å². The van der Waals surface area contributed by atoms with Gasteiger partial charge in [-0.3, -0.25) is 0 Å². The largest absolute Gasteiger partial charge is 0.377 e. The fourth-order valence-electron chi connectivity index (χ4n) is 2.13. The molecule has 1 nitrogen and oxygen atoms in total. The summed E-state index contributed by atoms with van der Waals surface area (Å²) < 4.78 is 5.54. The minimum atomic E-state index is 0.729. The predicted octanol–water partition coefficient (Wildman–Crippen LogP) is 6.82. The van der Waals surface area contributed by atoms with Gasteiger partial charge in [0.25, 0.3) is 0 Å². The summed E-state index contributed by atoms with van der Waals surface area (Å²) >= 11 is 5.59. The molecule has 0 aromatic carbocycles. The van der Waals surface area contributed by atoms with Gasteiger partial charge in [0, 0.05) is 5.88 Å². The summed E-state index contributed by atoms with van der Waals surface area (Å²) in [5.41, 5.74) is 3.16. The van der Waals surface area contributed by atoms with E-state index in [-0.39, 0.29) is 0 Å². The van der Waals surface area contributed by atoms with Gasteiger partial charge in [0.2, 0.25) is 0 Å². The van der Waals surface area contributed by atoms with Gasteiger partial charge in [-0.15, -0.1) is 17.3 Å². The molecule has 0 saturated heterocycles. The van der Waals surface area contributed by atoms with Crippen LogP contribution in [-0.2, 0) is 4.74 Å². The van der Waals surface area contributed by atoms with Gasteiger partial charge in [-0.05, 0) is 44.3 Å². The van der Waals surface area contributed by atoms with Crippen LogP contribution in [0.3, 0.4) is 0 Å². The van der Waals surface area contributed by atoms with Crippen molar-refractivity contribution in [2.75, 3.05) is 19.1 Å². The molecule has 0 N–H and O–H groups in total. The maximum atomic E-state index is 5.59. The van der Waals surface area contributed by atoms with E-state index in [1.54, 1.807) is 0 Å². The topological polar surface area (TPSA) is 9.23 Å². The van der Waals surface area contributed by atoms with Crippen LogP contribution < -0.4 is 0 Å². The number of rotatable bonds is 16. The van der Waals surface area contributed by atoms with Crippen LogP contribution in [0.2, 0.25) is 0 Å². The van der Waals surface area contributed by atoms with E-state index in [9.17, 15) is 0 Å². The highest BCUT2D eigenvalue weighted by atomic mass is 35.5. The SMILES string of the molecule is CCCCCCCCC/C=C\COCCC=C=CCCCCl. The molecule has 0 atom stereocenters. The Labute approximate surface area is 143 Å². The number of ether oxygens (including phenoxy) is 1. The molecule has 0 aliphatic heterocycles. The number of unbranched alkanes of at least 4 members (excludes halogenated alkanes) is 8. The van der Waals surface area contributed by atoms with Gasteiger partial charge in [-0.2, -0.15) is 0 Å². The predicted molar refractivity (Wildman–Crippen MR) is 99.8 cm³/mol. The molecule has 22 heavy (non-hydrogen) atoms. The smallest absolute Gasteiger partial charge is 0.0647 e. The zero-order valence-electron chi connectivity index (χ0n) is 14.5. The molecular formula is C20H35ClO. The van der Waals surface area contributed by atoms with Crippen molar-refractivity contribution in [2.45, 2.75) is 77.6 Å². The summed E-state index contributed by atoms with van der Waals surface area (Å²) in [6, 6.07) is 0. The molecule has 0 aliphatic carbocycles. The van der Waals surface area contributed by atoms with Gasteiger partial charge in [-0.1, -0.05) is 57.6 Å². The Hall–Kier alpha value is -0.490. The number of hydrogen-bond donors (Lipinski definition) is 0. The van der Waals surface area contributed by atoms with Gasteiger partial charge in [0.1, 0.15) is 0 Å². The normalized spacial score (nSPS) is 10.8. The molecule has 0 aliphatic rings. The van der Waals surface area contributed by atoms with Crippen LogP contribution in [0.15, 0.2) is 30.0 Å². The number of hydrogen-bond acceptors (Lipinski definition) is 1. The highest BCUT2D eigenvalue weighted by Crippen LogP contribution is 2.08. The molecule has 0 saturated carbocycles. The van der Waals surface area contributed by atoms with Crippen molar-refractivity contribution >= 4 is 11.6 Å². The number of halogens is 1. The summed E-state index contributed by atoms with van der Waals surface area (Å²) in [4.78, 5) is 0. The van der Waals surface area contributed by atoms with E-state index in [0.717, 1.165) is 38.4 Å². The Bertz CT molecular complexity index is 290. The second-order valence-electron chi connectivity index (χ2n) is 5.65. The molecule has 0 fully saturated rings. The zero-order chi connectivity index (χ0) is 16.1. The third kappa shape index (κ3) is 19.5. The standard InChI is InChI=1S/C20H35ClO/c1-2-3-4-5-6-7-8-10-13-16-19-22-20-17-14-11-9-12-15-18-21/h9,13-14,16H,2-8,10,12,15,17-20H2,1H3/b16-13-. The summed E-state index contributed by atoms with van der Waals surface area (Å²) in [5.74, 6) is 0.729. The molecule has 0 spiro atoms. The maximum Gasteiger partial charge on any atom is 0.0647 e. The molecule has 0 bridgehead atoms. The Morgan fingerprint density at radius 3 is 2.32 bits per heavy atom. The highest BCUT2D eigenvalue weighted by molar-refractivity contribution is 6.17. The van der Waals surface area contributed by atoms with Crippen molar-refractivity contribution in [3.8, 4) is 0 Å². The first-order chi connectivity index (χ1) is 10.9. The molecule has 0 unspecified atom stereocenters. The van der Waals surface area contributed by atoms with E-state index in [4.69, 9.17) is 16.3 Å². The maximum absolute atomic E-state index is 5.59. The van der Waals surface area contributed by atoms with Crippen molar-refractivity contribution < 1.29 is 4.74 Å². The van der Waals surface area contributed by atoms with E-state index in [1.807, 2.05) is 12.2 Å². The lowest BCUT2D eigenvalue weighted by atomic mass is 10.1. The van der Waals surface area contributed by atoms with Gasteiger partial charge >= 0.3 is 0 Å². The minimum absolute atomic E-state index is 0.729. The summed E-state index contributed by atoms with van der Waals surface area (Å²) in [6.07, 6.45) is 22.3. The van der Waals surface area contributed by atoms with Gasteiger partial charge < -0.3 is 4.74 Å². The lowest BCUT2D eigenvalue weighted by molar-refractivity contribution is 0.167. The van der Waals surface area contributed by atoms with Crippen LogP contribution in [0.1, 0.15) is 77.6 Å². The van der Waals surface area contributed by atoms with Crippen molar-refractivity contribution in [3.05, 3.63) is 30.0 Å². The lowest BCUT2D eigenvalue weighted by Gasteiger charge is -1.99. The first-order valence-corrected chi connectivity index (χ1v) is 9.63. The first kappa shape index (κ1) is 21.5. The molecule has 0 amide bonds. The molecular weight excluding hydrogens is 292 g/mol. The number of allylic oxidation sites excluding steroid dienone is 1. The molecule has 0 rings (SSSR count). The molecule has 0 aromatic rings. The average molecular weight is 327 g/mol. The van der Waals surface area contributed by atoms with Gasteiger partial charge in [0.05, 0.1) is 13.2 Å². The third-order valence-corrected chi connectivity index (χ3v) is 3.75. The zero-order valence-corrected chi connectivity index (χ0v) is 15.3. The van der Waals surface area contributed by atoms with Crippen LogP contribution >= 0.6 is 11.6 Å². The molecule has 128 valence electrons. The van der Waals surface area contributed by atoms with E-state index < -0.39 is 0 Å². The molecule has 0 aromatic heterocycles. The van der Waals surface area contributed by atoms with Crippen molar-refractivity contribution in [1.29, 1.82) is 0 Å². The van der Waals surface area contributed by atoms with E-state index in [0.29, 0.717) is 0 Å². The molecule has 0 radical (unpaired) electrons. The summed E-state index contributed by atoms with van der Waals surface area (Å²) in [5, 5.41) is 0. The third-order valence-electron chi connectivity index (χ3n) is 3.48. The Balaban J connectivity index is 3.19. The van der Waals surface area contributed by atoms with Crippen molar-refractivity contribution in [2.24, 2.45) is 0 Å². The van der Waals surface area contributed by atoms with Gasteiger partial charge in [0.15, 0.2) is 0 Å². The monoisotopic (exact) mass is 326 g/mol. The Kier molecular flexibility index (Phi) is 20.1. The summed E-state index contributed by atoms with van der Waals surface area (Å²) in [6.45, 7) is 3.78. The minimum Gasteiger partial charge on any atom is -0.377 e. The van der Waals surface area contributed by atoms with E-state index in [2.05, 4.69) is 24.8 Å². The lowest BCUT2D eigenvalue weighted by Crippen LogP contribution is -1.92. The van der Waals surface area contributed by atoms with Crippen LogP contribution in [-0.4, -0.2) is 19.1 Å². The van der Waals surface area contributed by atoms with E-state index in [1.165, 1.54) is 51.4 Å². The first-order valence-electron chi connectivity index (χ1n) is 9.10. The number of alkyl halides is 1. The summed E-state index contributed by atoms with van der Waals surface area (Å²) in [7, 11) is 0. The van der Waals surface area contributed by atoms with Crippen molar-refractivity contribution in [3.63, 3.8) is 0 Å². The van der Waals surface area contributed by atoms with E-state index >= 15 is 0 Å². The Morgan fingerprint density at radius 1 is 0.818 bits per heavy atom. The second kappa shape index (κ2) is 20.5. The fourth-order valence-corrected chi connectivity index (χ4v) is 2.28. The average Bonchev–Trinajstić information content (AvgIpc) is 2.54. The fraction of sp³-hybridized carbons (Fsp3) is 0.750. The highest BCUT2D eigenvalue weighted by Gasteiger charge is 1.89. The van der Waals surface area contributed by atoms with Gasteiger partial charge in [-0.25, -0.2) is 0 Å². The quantitative estimate of drug-likeness (QED) is 0.131. The van der Waals surface area contributed by atoms with Crippen LogP contribution in [0.4, 0.5) is 0 Å². The second-order valence-corrected chi connectivity index (χ2v) is 6.03. The van der Waals surface area contributed by atoms with Crippen LogP contribution in [0.5, 0.6) is 0 Å². The Morgan fingerprint density at radius 2 is 1.55 bits per heavy atom. The van der Waals surface area contributed by atoms with Crippen molar-refractivity contribution in [1.82, 2.24) is 0 Å². The molecule has 2 heteroatoms.